The second kappa shape index (κ2) is 7.87. The number of nitrogens with one attached hydrogen (secondary N) is 1. The van der Waals surface area contributed by atoms with Crippen LogP contribution in [0.1, 0.15) is 28.0 Å². The maximum absolute atomic E-state index is 12.0. The number of nitrogens with two attached hydrogens (primary N) is 1. The van der Waals surface area contributed by atoms with E-state index in [1.54, 1.807) is 5.38 Å². The van der Waals surface area contributed by atoms with E-state index >= 15 is 0 Å². The van der Waals surface area contributed by atoms with Gasteiger partial charge >= 0.3 is 0 Å². The molecular weight excluding hydrogens is 286 g/mol. The lowest BCUT2D eigenvalue weighted by Crippen LogP contribution is -2.36. The van der Waals surface area contributed by atoms with Gasteiger partial charge < -0.3 is 15.8 Å². The van der Waals surface area contributed by atoms with E-state index in [4.69, 9.17) is 10.5 Å². The van der Waals surface area contributed by atoms with Crippen LogP contribution in [0.15, 0.2) is 35.7 Å². The number of nitrogens with zero attached hydrogens (tertiary/aromatic N) is 1. The quantitative estimate of drug-likeness (QED) is 0.819. The third-order valence-corrected chi connectivity index (χ3v) is 3.69. The molecule has 1 atom stereocenters. The highest BCUT2D eigenvalue weighted by atomic mass is 32.1. The molecule has 1 unspecified atom stereocenters. The first-order valence-corrected chi connectivity index (χ1v) is 7.64. The van der Waals surface area contributed by atoms with Gasteiger partial charge in [-0.05, 0) is 12.5 Å². The lowest BCUT2D eigenvalue weighted by Gasteiger charge is -2.13. The molecular formula is C15H19N3O2S. The Morgan fingerprint density at radius 1 is 1.43 bits per heavy atom. The van der Waals surface area contributed by atoms with Crippen molar-refractivity contribution in [2.24, 2.45) is 5.73 Å². The Morgan fingerprint density at radius 3 is 2.86 bits per heavy atom. The molecule has 2 rings (SSSR count). The van der Waals surface area contributed by atoms with E-state index in [1.807, 2.05) is 37.3 Å². The molecule has 0 saturated heterocycles. The fourth-order valence-electron chi connectivity index (χ4n) is 1.78. The van der Waals surface area contributed by atoms with Gasteiger partial charge in [0.15, 0.2) is 0 Å². The molecule has 1 heterocycles. The van der Waals surface area contributed by atoms with Gasteiger partial charge in [0.05, 0.1) is 13.2 Å². The van der Waals surface area contributed by atoms with Crippen LogP contribution in [0.25, 0.3) is 0 Å². The van der Waals surface area contributed by atoms with E-state index < -0.39 is 0 Å². The highest BCUT2D eigenvalue weighted by molar-refractivity contribution is 7.09. The number of amides is 1. The lowest BCUT2D eigenvalue weighted by molar-refractivity contribution is 0.0817. The first-order valence-electron chi connectivity index (χ1n) is 6.76. The van der Waals surface area contributed by atoms with E-state index in [1.165, 1.54) is 11.3 Å². The molecule has 6 heteroatoms. The first-order chi connectivity index (χ1) is 10.2. The number of thiazole rings is 1. The molecule has 0 bridgehead atoms. The zero-order chi connectivity index (χ0) is 15.1. The monoisotopic (exact) mass is 305 g/mol. The zero-order valence-electron chi connectivity index (χ0n) is 11.9. The summed E-state index contributed by atoms with van der Waals surface area (Å²) in [5.74, 6) is -0.193. The van der Waals surface area contributed by atoms with Crippen LogP contribution in [0.4, 0.5) is 0 Å². The minimum Gasteiger partial charge on any atom is -0.375 e. The van der Waals surface area contributed by atoms with Gasteiger partial charge in [-0.3, -0.25) is 4.79 Å². The normalized spacial score (nSPS) is 12.1. The van der Waals surface area contributed by atoms with Gasteiger partial charge in [-0.25, -0.2) is 4.98 Å². The maximum atomic E-state index is 12.0. The molecule has 1 aromatic carbocycles. The van der Waals surface area contributed by atoms with E-state index in [0.717, 1.165) is 10.6 Å². The van der Waals surface area contributed by atoms with Crippen molar-refractivity contribution in [3.8, 4) is 0 Å². The third-order valence-electron chi connectivity index (χ3n) is 2.82. The average Bonchev–Trinajstić information content (AvgIpc) is 2.97. The van der Waals surface area contributed by atoms with Gasteiger partial charge in [0, 0.05) is 18.0 Å². The Kier molecular flexibility index (Phi) is 5.86. The summed E-state index contributed by atoms with van der Waals surface area (Å²) in [5.41, 5.74) is 7.01. The Bertz CT molecular complexity index is 571. The molecule has 1 amide bonds. The van der Waals surface area contributed by atoms with E-state index in [-0.39, 0.29) is 11.9 Å². The van der Waals surface area contributed by atoms with Crippen molar-refractivity contribution in [2.75, 3.05) is 6.61 Å². The van der Waals surface area contributed by atoms with Gasteiger partial charge in [-0.1, -0.05) is 30.3 Å². The van der Waals surface area contributed by atoms with Gasteiger partial charge in [0.25, 0.3) is 5.91 Å². The van der Waals surface area contributed by atoms with Gasteiger partial charge in [-0.15, -0.1) is 11.3 Å². The van der Waals surface area contributed by atoms with Crippen LogP contribution < -0.4 is 11.1 Å². The summed E-state index contributed by atoms with van der Waals surface area (Å²) in [6.45, 7) is 3.25. The number of hydrogen-bond donors (Lipinski definition) is 2. The zero-order valence-corrected chi connectivity index (χ0v) is 12.7. The molecule has 5 nitrogen and oxygen atoms in total. The van der Waals surface area contributed by atoms with Crippen LogP contribution in [0.5, 0.6) is 0 Å². The van der Waals surface area contributed by atoms with Crippen LogP contribution in [0.3, 0.4) is 0 Å². The number of carbonyl (C=O) groups is 1. The summed E-state index contributed by atoms with van der Waals surface area (Å²) in [6, 6.07) is 9.85. The first kappa shape index (κ1) is 15.6. The van der Waals surface area contributed by atoms with E-state index in [0.29, 0.717) is 25.5 Å². The molecule has 3 N–H and O–H groups in total. The summed E-state index contributed by atoms with van der Waals surface area (Å²) < 4.78 is 5.59. The van der Waals surface area contributed by atoms with Gasteiger partial charge in [0.2, 0.25) is 0 Å². The molecule has 1 aromatic heterocycles. The van der Waals surface area contributed by atoms with Crippen LogP contribution in [0.2, 0.25) is 0 Å². The summed E-state index contributed by atoms with van der Waals surface area (Å²) >= 11 is 1.39. The van der Waals surface area contributed by atoms with Crippen LogP contribution in [-0.4, -0.2) is 23.5 Å². The summed E-state index contributed by atoms with van der Waals surface area (Å²) in [6.07, 6.45) is 0. The molecule has 0 saturated carbocycles. The highest BCUT2D eigenvalue weighted by Gasteiger charge is 2.13. The smallest absolute Gasteiger partial charge is 0.271 e. The molecule has 0 aliphatic carbocycles. The lowest BCUT2D eigenvalue weighted by atomic mass is 10.2. The van der Waals surface area contributed by atoms with Crippen molar-refractivity contribution in [1.82, 2.24) is 10.3 Å². The molecule has 0 spiro atoms. The maximum Gasteiger partial charge on any atom is 0.271 e. The summed E-state index contributed by atoms with van der Waals surface area (Å²) in [7, 11) is 0. The Balaban J connectivity index is 1.73. The summed E-state index contributed by atoms with van der Waals surface area (Å²) in [4.78, 5) is 16.1. The van der Waals surface area contributed by atoms with Crippen LogP contribution in [0, 0.1) is 0 Å². The molecule has 0 aliphatic heterocycles. The van der Waals surface area contributed by atoms with Crippen LogP contribution >= 0.6 is 11.3 Å². The van der Waals surface area contributed by atoms with Crippen molar-refractivity contribution in [1.29, 1.82) is 0 Å². The molecule has 112 valence electrons. The fourth-order valence-corrected chi connectivity index (χ4v) is 2.43. The van der Waals surface area contributed by atoms with Gasteiger partial charge in [0.1, 0.15) is 10.7 Å². The molecule has 0 aliphatic rings. The number of carbonyl (C=O) groups excluding carboxylic acids is 1. The molecule has 21 heavy (non-hydrogen) atoms. The minimum atomic E-state index is -0.193. The molecule has 2 aromatic rings. The number of benzene rings is 1. The summed E-state index contributed by atoms with van der Waals surface area (Å²) in [5, 5.41) is 5.33. The fraction of sp³-hybridized carbons (Fsp3) is 0.333. The van der Waals surface area contributed by atoms with Crippen molar-refractivity contribution < 1.29 is 9.53 Å². The number of hydrogen-bond acceptors (Lipinski definition) is 5. The van der Waals surface area contributed by atoms with E-state index in [2.05, 4.69) is 10.3 Å². The Hall–Kier alpha value is -1.76. The largest absolute Gasteiger partial charge is 0.375 e. The number of rotatable bonds is 7. The molecule has 0 radical (unpaired) electrons. The third kappa shape index (κ3) is 4.93. The topological polar surface area (TPSA) is 77.2 Å². The van der Waals surface area contributed by atoms with E-state index in [9.17, 15) is 4.79 Å². The Morgan fingerprint density at radius 2 is 2.19 bits per heavy atom. The number of ether oxygens (including phenoxy) is 1. The predicted molar refractivity (Wildman–Crippen MR) is 83.0 cm³/mol. The van der Waals surface area contributed by atoms with Crippen molar-refractivity contribution in [3.63, 3.8) is 0 Å². The number of aromatic nitrogens is 1. The highest BCUT2D eigenvalue weighted by Crippen LogP contribution is 2.09. The van der Waals surface area contributed by atoms with Crippen molar-refractivity contribution in [2.45, 2.75) is 26.1 Å². The predicted octanol–water partition coefficient (Wildman–Crippen LogP) is 1.94. The molecule has 0 fully saturated rings. The minimum absolute atomic E-state index is 0.0794. The van der Waals surface area contributed by atoms with Gasteiger partial charge in [-0.2, -0.15) is 0 Å². The van der Waals surface area contributed by atoms with Crippen LogP contribution in [-0.2, 0) is 17.9 Å². The SMILES string of the molecule is CC(COCc1ccccc1)NC(=O)c1csc(CN)n1. The average molecular weight is 305 g/mol. The second-order valence-corrected chi connectivity index (χ2v) is 5.65. The second-order valence-electron chi connectivity index (χ2n) is 4.71. The standard InChI is InChI=1S/C15H19N3O2S/c1-11(8-20-9-12-5-3-2-4-6-12)17-15(19)13-10-21-14(7-16)18-13/h2-6,10-11H,7-9,16H2,1H3,(H,17,19). The van der Waals surface area contributed by atoms with Crippen molar-refractivity contribution >= 4 is 17.2 Å². The van der Waals surface area contributed by atoms with Crippen molar-refractivity contribution in [3.05, 3.63) is 52.0 Å². The Labute approximate surface area is 128 Å².